The number of fused-ring (bicyclic) bond motifs is 4. The van der Waals surface area contributed by atoms with Gasteiger partial charge in [-0.3, -0.25) is 4.18 Å². The van der Waals surface area contributed by atoms with Gasteiger partial charge < -0.3 is 69.5 Å². The Morgan fingerprint density at radius 3 is 1.01 bits per heavy atom. The fourth-order valence-electron chi connectivity index (χ4n) is 11.9. The standard InChI is InChI=1S/C22H21F3N6O.C21H19F3N6O.C18H12F3N5O.C12H7BrF3N5.C6H7BO3.C5H13NO3S/c23-22(24,25)17-11-15(12-29-21(17)27)18-7-8-20-28-13-19(31(20)30-18)14-3-5-16(6-4-14)32-10-2-1-9-26;22-21(23,24)16-10-14(11-28-20(16)26)17-6-7-19-27-12-18(30(19)29-17)13-2-4-15(5-3-13)31-9-1-8-25;19-18(20,21)13-7-11(8-24-17(13)22)14-5-6-16-23-9-15(26(16)25-14)10-1-3-12(27)4-2-10;13-9-5-18-10-2-1-8(20-21(9)10)6-3-7(12(14,15)16)11(17)19-4-6;8-6-3-1-5(2-4-6)7(9)10;1-6-4-3-5-9-10(2,7)8/h3-8,11-13H,1-2,9-10,26H2,(H2,27,29);2-7,10-12H,1,8-9,25H2,(H2,26,28);1-9,27H,(H2,22,24);1-5H,(H2,17,19);1-4,8-10H;6H,3-5H2,1-2H3. The predicted octanol–water partition coefficient (Wildman–Crippen LogP) is 13.5. The summed E-state index contributed by atoms with van der Waals surface area (Å²) in [5.74, 6) is -0.604. The molecule has 0 aliphatic carbocycles. The summed E-state index contributed by atoms with van der Waals surface area (Å²) in [5.41, 5.74) is 37.5. The molecule has 12 aromatic heterocycles. The number of ether oxygens (including phenoxy) is 2. The zero-order valence-electron chi connectivity index (χ0n) is 68.7. The quantitative estimate of drug-likeness (QED) is 0.0130. The molecule has 0 radical (unpaired) electrons. The molecule has 4 aromatic carbocycles. The number of aromatic hydroxyl groups is 2. The van der Waals surface area contributed by atoms with Gasteiger partial charge in [0.15, 0.2) is 22.6 Å². The van der Waals surface area contributed by atoms with Crippen molar-refractivity contribution in [3.63, 3.8) is 0 Å². The van der Waals surface area contributed by atoms with Crippen molar-refractivity contribution in [2.75, 3.05) is 75.7 Å². The maximum atomic E-state index is 13.2. The molecule has 17 N–H and O–H groups in total. The summed E-state index contributed by atoms with van der Waals surface area (Å²) in [5, 5.41) is 55.8. The van der Waals surface area contributed by atoms with E-state index in [1.54, 1.807) is 102 Å². The molecule has 0 fully saturated rings. The van der Waals surface area contributed by atoms with Gasteiger partial charge in [0.1, 0.15) is 50.9 Å². The van der Waals surface area contributed by atoms with Gasteiger partial charge in [-0.05, 0) is 231 Å². The lowest BCUT2D eigenvalue weighted by Gasteiger charge is -2.11. The molecule has 684 valence electrons. The Morgan fingerprint density at radius 2 is 0.695 bits per heavy atom. The van der Waals surface area contributed by atoms with Crippen molar-refractivity contribution >= 4 is 84.5 Å². The maximum Gasteiger partial charge on any atom is 0.488 e. The molecule has 0 saturated carbocycles. The molecule has 16 rings (SSSR count). The van der Waals surface area contributed by atoms with E-state index < -0.39 is 87.5 Å². The number of pyridine rings is 4. The molecule has 0 aliphatic rings. The summed E-state index contributed by atoms with van der Waals surface area (Å²) in [6.07, 6.45) is -2.58. The number of hydrogen-bond donors (Lipinski definition) is 11. The third kappa shape index (κ3) is 26.1. The number of phenolic OH excluding ortho intramolecular Hbond substituents is 2. The topological polar surface area (TPSA) is 483 Å². The summed E-state index contributed by atoms with van der Waals surface area (Å²) in [7, 11) is -2.88. The average Bonchev–Trinajstić information content (AvgIpc) is 1.67. The van der Waals surface area contributed by atoms with Crippen molar-refractivity contribution < 1.29 is 95.0 Å². The number of unbranched alkanes of at least 4 members (excludes halogenated alkanes) is 1. The van der Waals surface area contributed by atoms with E-state index in [1.165, 1.54) is 70.2 Å². The number of aromatic nitrogens is 16. The summed E-state index contributed by atoms with van der Waals surface area (Å²) in [4.78, 5) is 31.6. The monoisotopic (exact) mass is 1900 g/mol. The summed E-state index contributed by atoms with van der Waals surface area (Å²) in [6.45, 7) is 3.35. The number of nitrogens with zero attached hydrogens (tertiary/aromatic N) is 16. The fourth-order valence-corrected chi connectivity index (χ4v) is 12.7. The highest BCUT2D eigenvalue weighted by atomic mass is 79.9. The number of imidazole rings is 4. The molecule has 0 spiro atoms. The third-order valence-electron chi connectivity index (χ3n) is 18.5. The maximum absolute atomic E-state index is 13.2. The van der Waals surface area contributed by atoms with E-state index in [2.05, 4.69) is 85.7 Å². The minimum Gasteiger partial charge on any atom is -0.508 e. The number of nitrogen functional groups attached to an aromatic ring is 4. The van der Waals surface area contributed by atoms with Gasteiger partial charge in [-0.1, -0.05) is 12.1 Å². The Balaban J connectivity index is 0.000000158. The van der Waals surface area contributed by atoms with Crippen LogP contribution in [0.4, 0.5) is 76.0 Å². The van der Waals surface area contributed by atoms with Crippen molar-refractivity contribution in [3.05, 3.63) is 246 Å². The van der Waals surface area contributed by atoms with E-state index in [1.807, 2.05) is 48.5 Å². The second kappa shape index (κ2) is 42.8. The van der Waals surface area contributed by atoms with Crippen LogP contribution in [0.2, 0.25) is 0 Å². The minimum atomic E-state index is -4.61. The molecule has 32 nitrogen and oxygen atoms in total. The second-order valence-corrected chi connectivity index (χ2v) is 30.4. The number of nitrogens with one attached hydrogen (secondary N) is 1. The van der Waals surface area contributed by atoms with Gasteiger partial charge in [-0.2, -0.15) is 81.5 Å². The minimum absolute atomic E-state index is 0.115. The zero-order chi connectivity index (χ0) is 94.7. The first kappa shape index (κ1) is 97.4. The zero-order valence-corrected chi connectivity index (χ0v) is 71.1. The number of benzene rings is 4. The van der Waals surface area contributed by atoms with E-state index in [-0.39, 0.29) is 40.4 Å². The number of rotatable bonds is 22. The first-order valence-electron chi connectivity index (χ1n) is 38.9. The number of halogens is 13. The van der Waals surface area contributed by atoms with Gasteiger partial charge in [-0.15, -0.1) is 0 Å². The molecular formula is C84H79BBrF12N23O9S. The van der Waals surface area contributed by atoms with Crippen molar-refractivity contribution in [2.45, 2.75) is 50.4 Å². The molecule has 0 unspecified atom stereocenters. The van der Waals surface area contributed by atoms with E-state index in [0.717, 1.165) is 78.8 Å². The van der Waals surface area contributed by atoms with Crippen LogP contribution in [0.1, 0.15) is 47.9 Å². The third-order valence-corrected chi connectivity index (χ3v) is 19.6. The molecule has 47 heteroatoms. The van der Waals surface area contributed by atoms with Gasteiger partial charge in [0.05, 0.1) is 113 Å². The van der Waals surface area contributed by atoms with Gasteiger partial charge in [0, 0.05) is 63.7 Å². The van der Waals surface area contributed by atoms with E-state index >= 15 is 0 Å². The average molecular weight is 1910 g/mol. The van der Waals surface area contributed by atoms with Crippen LogP contribution in [0, 0.1) is 0 Å². The molecule has 0 amide bonds. The summed E-state index contributed by atoms with van der Waals surface area (Å²) >= 11 is 3.25. The fraction of sp³-hybridized carbons (Fsp3) is 0.190. The van der Waals surface area contributed by atoms with Crippen LogP contribution < -0.4 is 54.7 Å². The molecule has 0 atom stereocenters. The molecule has 0 saturated heterocycles. The number of nitrogens with two attached hydrogens (primary N) is 6. The number of phenols is 2. The summed E-state index contributed by atoms with van der Waals surface area (Å²) < 4.78 is 200. The Bertz CT molecular complexity index is 6680. The van der Waals surface area contributed by atoms with Gasteiger partial charge in [-0.25, -0.2) is 57.9 Å². The highest BCUT2D eigenvalue weighted by molar-refractivity contribution is 9.10. The molecule has 0 bridgehead atoms. The van der Waals surface area contributed by atoms with Crippen LogP contribution in [0.3, 0.4) is 0 Å². The first-order chi connectivity index (χ1) is 62.2. The van der Waals surface area contributed by atoms with Gasteiger partial charge in [0.25, 0.3) is 10.1 Å². The number of hydrogen-bond acceptors (Lipinski definition) is 28. The van der Waals surface area contributed by atoms with Crippen LogP contribution in [-0.4, -0.2) is 167 Å². The number of alkyl halides is 12. The van der Waals surface area contributed by atoms with Gasteiger partial charge in [0.2, 0.25) is 0 Å². The van der Waals surface area contributed by atoms with E-state index in [9.17, 15) is 66.2 Å². The highest BCUT2D eigenvalue weighted by Crippen LogP contribution is 2.40. The smallest absolute Gasteiger partial charge is 0.488 e. The highest BCUT2D eigenvalue weighted by Gasteiger charge is 2.38. The van der Waals surface area contributed by atoms with Crippen LogP contribution in [0.5, 0.6) is 23.0 Å². The summed E-state index contributed by atoms with van der Waals surface area (Å²) in [6, 6.07) is 43.7. The van der Waals surface area contributed by atoms with Crippen LogP contribution in [0.25, 0.3) is 101 Å². The van der Waals surface area contributed by atoms with Crippen molar-refractivity contribution in [1.82, 2.24) is 83.6 Å². The van der Waals surface area contributed by atoms with Crippen molar-refractivity contribution in [3.8, 4) is 102 Å². The Kier molecular flexibility index (Phi) is 31.8. The molecule has 0 aliphatic heterocycles. The lowest BCUT2D eigenvalue weighted by atomic mass is 9.80. The molecular weight excluding hydrogens is 1830 g/mol. The van der Waals surface area contributed by atoms with Crippen molar-refractivity contribution in [2.24, 2.45) is 11.5 Å². The Hall–Kier alpha value is -14.2. The normalized spacial score (nSPS) is 11.6. The van der Waals surface area contributed by atoms with Crippen LogP contribution >= 0.6 is 15.9 Å². The predicted molar refractivity (Wildman–Crippen MR) is 468 cm³/mol. The lowest BCUT2D eigenvalue weighted by molar-refractivity contribution is -0.137. The lowest BCUT2D eigenvalue weighted by Crippen LogP contribution is -2.29. The van der Waals surface area contributed by atoms with Crippen LogP contribution in [-0.2, 0) is 39.0 Å². The second-order valence-electron chi connectivity index (χ2n) is 28.0. The molecule has 12 heterocycles. The largest absolute Gasteiger partial charge is 0.508 e. The Morgan fingerprint density at radius 1 is 0.389 bits per heavy atom. The Labute approximate surface area is 745 Å². The van der Waals surface area contributed by atoms with E-state index in [4.69, 9.17) is 59.0 Å². The molecule has 16 aromatic rings. The SMILES string of the molecule is CNCCCOS(C)(=O)=O.NCCCCOc1ccc(-c2cnc3ccc(-c4cnc(N)c(C(F)(F)F)c4)nn23)cc1.NCCCOc1ccc(-c2cnc3ccc(-c4cnc(N)c(C(F)(F)F)c4)nn23)cc1.Nc1ncc(-c2ccc3ncc(-c4ccc(O)cc4)n3n2)cc1C(F)(F)F.Nc1ncc(-c2ccc3ncc(Br)n3n2)cc1C(F)(F)F.OB(O)c1ccc(O)cc1. The number of anilines is 4. The van der Waals surface area contributed by atoms with E-state index in [0.29, 0.717) is 111 Å². The first-order valence-corrected chi connectivity index (χ1v) is 41.5. The van der Waals surface area contributed by atoms with Gasteiger partial charge >= 0.3 is 31.8 Å². The van der Waals surface area contributed by atoms with Crippen molar-refractivity contribution in [1.29, 1.82) is 0 Å². The van der Waals surface area contributed by atoms with Crippen LogP contribution in [0.15, 0.2) is 224 Å². The molecule has 131 heavy (non-hydrogen) atoms.